The van der Waals surface area contributed by atoms with Gasteiger partial charge in [-0.05, 0) is 86.5 Å². The Balaban J connectivity index is 0.00000462. The number of fused-ring (bicyclic) bond motifs is 9. The summed E-state index contributed by atoms with van der Waals surface area (Å²) < 4.78 is 87.6. The maximum Gasteiger partial charge on any atom is 0.415 e. The number of halogens is 4. The molecule has 2 unspecified atom stereocenters. The first-order valence-electron chi connectivity index (χ1n) is 20.5. The second kappa shape index (κ2) is 14.6. The Morgan fingerprint density at radius 2 is 1.86 bits per heavy atom. The van der Waals surface area contributed by atoms with Gasteiger partial charge in [-0.3, -0.25) is 9.88 Å². The molecule has 0 radical (unpaired) electrons. The number of piperidine rings is 1. The molecule has 2 aromatic carbocycles. The van der Waals surface area contributed by atoms with Crippen LogP contribution in [-0.4, -0.2) is 125 Å². The third kappa shape index (κ3) is 7.02. The van der Waals surface area contributed by atoms with Crippen LogP contribution in [0.2, 0.25) is 0 Å². The highest BCUT2D eigenvalue weighted by atomic mass is 19.1. The number of pyridine rings is 1. The van der Waals surface area contributed by atoms with Crippen molar-refractivity contribution in [2.24, 2.45) is 0 Å². The number of benzene rings is 2. The van der Waals surface area contributed by atoms with Gasteiger partial charge in [0.2, 0.25) is 0 Å². The van der Waals surface area contributed by atoms with Crippen molar-refractivity contribution in [1.29, 1.82) is 0 Å². The van der Waals surface area contributed by atoms with Crippen molar-refractivity contribution in [1.82, 2.24) is 30.1 Å². The van der Waals surface area contributed by atoms with Gasteiger partial charge in [0, 0.05) is 39.1 Å². The molecule has 4 aromatic rings. The zero-order chi connectivity index (χ0) is 40.6. The summed E-state index contributed by atoms with van der Waals surface area (Å²) in [5.74, 6) is -1.23. The monoisotopic (exact) mass is 821 g/mol. The summed E-state index contributed by atoms with van der Waals surface area (Å²) in [5, 5.41) is 3.75. The number of morpholine rings is 1. The highest BCUT2D eigenvalue weighted by Gasteiger charge is 2.49. The third-order valence-corrected chi connectivity index (χ3v) is 12.9. The predicted octanol–water partition coefficient (Wildman–Crippen LogP) is 6.67. The van der Waals surface area contributed by atoms with E-state index >= 15 is 13.2 Å². The number of carbonyl (C=O) groups is 2. The average molecular weight is 822 g/mol. The number of anilines is 1. The number of alkyl halides is 2. The SMILES string of the molecule is C[C@@]12C[C@@H](F)CN(C1)c1nc(OC[C@@]34CCCN3C[C@H](F)C4)nc3c(F)c(ncc13)-c1cc(OC(=O)N3CC4CCC(C3)O4)cc3ccc(F)c(c13)CCCOC(=O)N2.[HH]. The smallest absolute Gasteiger partial charge is 0.415 e. The first-order valence-corrected chi connectivity index (χ1v) is 20.5. The number of ether oxygens (including phenoxy) is 4. The van der Waals surface area contributed by atoms with Crippen LogP contribution in [0.25, 0.3) is 32.9 Å². The van der Waals surface area contributed by atoms with Crippen LogP contribution in [0.4, 0.5) is 33.0 Å². The van der Waals surface area contributed by atoms with E-state index in [1.54, 1.807) is 22.8 Å². The minimum atomic E-state index is -1.42. The molecular formula is C42H47F4N7O6. The number of aryl methyl sites for hydroxylation is 1. The molecule has 17 heteroatoms. The third-order valence-electron chi connectivity index (χ3n) is 12.9. The molecule has 5 fully saturated rings. The van der Waals surface area contributed by atoms with Crippen molar-refractivity contribution in [2.75, 3.05) is 57.4 Å². The Morgan fingerprint density at radius 1 is 1.05 bits per heavy atom. The van der Waals surface area contributed by atoms with Gasteiger partial charge in [-0.2, -0.15) is 9.97 Å². The number of hydrogen-bond acceptors (Lipinski definition) is 11. The normalized spacial score (nSPS) is 29.5. The van der Waals surface area contributed by atoms with E-state index in [4.69, 9.17) is 23.9 Å². The molecule has 11 rings (SSSR count). The number of likely N-dealkylation sites (tertiary alicyclic amines) is 1. The molecule has 7 aliphatic heterocycles. The summed E-state index contributed by atoms with van der Waals surface area (Å²) in [5.41, 5.74) is -1.72. The zero-order valence-electron chi connectivity index (χ0n) is 32.7. The minimum absolute atomic E-state index is 0. The van der Waals surface area contributed by atoms with Gasteiger partial charge in [0.15, 0.2) is 5.82 Å². The van der Waals surface area contributed by atoms with Crippen molar-refractivity contribution in [2.45, 2.75) is 93.9 Å². The van der Waals surface area contributed by atoms with E-state index in [0.29, 0.717) is 36.8 Å². The van der Waals surface area contributed by atoms with Gasteiger partial charge in [-0.15, -0.1) is 0 Å². The fourth-order valence-electron chi connectivity index (χ4n) is 10.4. The summed E-state index contributed by atoms with van der Waals surface area (Å²) >= 11 is 0. The van der Waals surface area contributed by atoms with E-state index in [1.807, 2.05) is 0 Å². The molecular weight excluding hydrogens is 774 g/mol. The van der Waals surface area contributed by atoms with Gasteiger partial charge in [0.25, 0.3) is 0 Å². The van der Waals surface area contributed by atoms with Gasteiger partial charge in [0.1, 0.15) is 47.5 Å². The van der Waals surface area contributed by atoms with Crippen LogP contribution >= 0.6 is 0 Å². The van der Waals surface area contributed by atoms with Crippen LogP contribution in [0.3, 0.4) is 0 Å². The average Bonchev–Trinajstić information content (AvgIpc) is 3.85. The summed E-state index contributed by atoms with van der Waals surface area (Å²) in [6, 6.07) is 5.70. The minimum Gasteiger partial charge on any atom is -0.461 e. The molecule has 0 aliphatic carbocycles. The Hall–Kier alpha value is -5.03. The van der Waals surface area contributed by atoms with Crippen LogP contribution in [0, 0.1) is 11.6 Å². The van der Waals surface area contributed by atoms with E-state index in [9.17, 15) is 14.0 Å². The van der Waals surface area contributed by atoms with Crippen LogP contribution in [-0.2, 0) is 15.9 Å². The first kappa shape index (κ1) is 38.2. The largest absolute Gasteiger partial charge is 0.461 e. The molecule has 13 nitrogen and oxygen atoms in total. The highest BCUT2D eigenvalue weighted by molar-refractivity contribution is 6.02. The van der Waals surface area contributed by atoms with Crippen molar-refractivity contribution < 1.29 is 47.5 Å². The molecule has 8 bridgehead atoms. The quantitative estimate of drug-likeness (QED) is 0.222. The highest BCUT2D eigenvalue weighted by Crippen LogP contribution is 2.43. The first-order chi connectivity index (χ1) is 28.4. The van der Waals surface area contributed by atoms with Crippen molar-refractivity contribution >= 4 is 39.7 Å². The number of rotatable bonds is 4. The maximum absolute atomic E-state index is 17.6. The lowest BCUT2D eigenvalue weighted by molar-refractivity contribution is -0.0298. The molecule has 5 saturated heterocycles. The molecule has 2 aromatic heterocycles. The Kier molecular flexibility index (Phi) is 9.45. The lowest BCUT2D eigenvalue weighted by Gasteiger charge is -2.42. The molecule has 6 atom stereocenters. The van der Waals surface area contributed by atoms with Gasteiger partial charge < -0.3 is 34.1 Å². The Bertz CT molecular complexity index is 2350. The van der Waals surface area contributed by atoms with Crippen LogP contribution in [0.15, 0.2) is 30.5 Å². The number of hydrogen-bond donors (Lipinski definition) is 1. The number of carbonyl (C=O) groups excluding carboxylic acids is 2. The lowest BCUT2D eigenvalue weighted by Crippen LogP contribution is -2.60. The fourth-order valence-corrected chi connectivity index (χ4v) is 10.4. The molecule has 59 heavy (non-hydrogen) atoms. The van der Waals surface area contributed by atoms with E-state index in [-0.39, 0.29) is 111 Å². The Morgan fingerprint density at radius 3 is 2.69 bits per heavy atom. The summed E-state index contributed by atoms with van der Waals surface area (Å²) in [6.07, 6.45) is 1.33. The van der Waals surface area contributed by atoms with E-state index in [0.717, 1.165) is 25.8 Å². The molecule has 0 saturated carbocycles. The summed E-state index contributed by atoms with van der Waals surface area (Å²) in [4.78, 5) is 45.9. The van der Waals surface area contributed by atoms with E-state index in [2.05, 4.69) is 20.2 Å². The van der Waals surface area contributed by atoms with E-state index in [1.165, 1.54) is 24.4 Å². The number of nitrogens with one attached hydrogen (secondary N) is 1. The molecule has 314 valence electrons. The fraction of sp³-hybridized carbons (Fsp3) is 0.548. The number of aromatic nitrogens is 3. The number of alkyl carbamates (subject to hydrolysis) is 1. The van der Waals surface area contributed by atoms with Crippen LogP contribution in [0.1, 0.15) is 58.9 Å². The maximum atomic E-state index is 17.6. The second-order valence-electron chi connectivity index (χ2n) is 17.3. The topological polar surface area (TPSA) is 131 Å². The summed E-state index contributed by atoms with van der Waals surface area (Å²) in [7, 11) is 0. The van der Waals surface area contributed by atoms with Crippen molar-refractivity contribution in [3.05, 3.63) is 47.7 Å². The lowest BCUT2D eigenvalue weighted by atomic mass is 9.90. The van der Waals surface area contributed by atoms with Gasteiger partial charge >= 0.3 is 18.2 Å². The zero-order valence-corrected chi connectivity index (χ0v) is 32.7. The standard InChI is InChI=1S/C42H45F4N7O6.H2/c1-41-14-24(43)17-52(21-41)37-31-16-47-35(34(46)36(31)48-38(49-37)57-22-42-9-3-10-53(42)18-25(44)15-42)30-13-28(59-40(55)51-19-26-6-7-27(20-51)58-26)12-23-5-8-32(45)29(33(23)30)4-2-11-56-39(54)50-41;/h5,8,12-13,16,24-27H,2-4,6-7,9-11,14-15,17-22H2,1H3,(H,50,54);1H/t24-,25-,26?,27?,41-,42+;/m1./s1. The van der Waals surface area contributed by atoms with Crippen LogP contribution < -0.4 is 19.7 Å². The number of amides is 2. The molecule has 2 amide bonds. The number of nitrogens with zero attached hydrogens (tertiary/aromatic N) is 6. The predicted molar refractivity (Wildman–Crippen MR) is 209 cm³/mol. The Labute approximate surface area is 338 Å². The van der Waals surface area contributed by atoms with Gasteiger partial charge in [-0.25, -0.2) is 27.2 Å². The molecule has 0 spiro atoms. The van der Waals surface area contributed by atoms with Crippen molar-refractivity contribution in [3.8, 4) is 23.0 Å². The van der Waals surface area contributed by atoms with Gasteiger partial charge in [0.05, 0.1) is 54.9 Å². The van der Waals surface area contributed by atoms with Crippen LogP contribution in [0.5, 0.6) is 11.8 Å². The second-order valence-corrected chi connectivity index (χ2v) is 17.3. The van der Waals surface area contributed by atoms with Gasteiger partial charge in [-0.1, -0.05) is 6.07 Å². The molecule has 1 N–H and O–H groups in total. The summed E-state index contributed by atoms with van der Waals surface area (Å²) in [6.45, 7) is 3.41. The van der Waals surface area contributed by atoms with E-state index < -0.39 is 47.2 Å². The molecule has 7 aliphatic rings. The molecule has 9 heterocycles. The van der Waals surface area contributed by atoms with Crippen molar-refractivity contribution in [3.63, 3.8) is 0 Å².